The van der Waals surface area contributed by atoms with Crippen molar-refractivity contribution in [2.24, 2.45) is 0 Å². The number of imidazole rings is 1. The molecule has 0 bridgehead atoms. The molecule has 0 radical (unpaired) electrons. The van der Waals surface area contributed by atoms with Gasteiger partial charge in [-0.15, -0.1) is 0 Å². The molecule has 3 aromatic rings. The molecule has 2 heterocycles. The van der Waals surface area contributed by atoms with Crippen molar-refractivity contribution in [2.75, 3.05) is 15.8 Å². The van der Waals surface area contributed by atoms with Crippen LogP contribution in [0.2, 0.25) is 0 Å². The van der Waals surface area contributed by atoms with E-state index in [9.17, 15) is 22.0 Å². The van der Waals surface area contributed by atoms with E-state index in [-0.39, 0.29) is 16.9 Å². The molecular weight excluding hydrogens is 428 g/mol. The van der Waals surface area contributed by atoms with Gasteiger partial charge in [0.1, 0.15) is 22.7 Å². The molecular formula is C20H23F2N5O3S. The summed E-state index contributed by atoms with van der Waals surface area (Å²) in [6.45, 7) is 7.57. The molecule has 31 heavy (non-hydrogen) atoms. The molecule has 11 heteroatoms. The van der Waals surface area contributed by atoms with Crippen molar-refractivity contribution < 1.29 is 22.0 Å². The summed E-state index contributed by atoms with van der Waals surface area (Å²) < 4.78 is 54.9. The highest BCUT2D eigenvalue weighted by molar-refractivity contribution is 7.92. The van der Waals surface area contributed by atoms with E-state index in [2.05, 4.69) is 20.3 Å². The molecule has 0 saturated heterocycles. The number of H-pyrrole nitrogens is 1. The molecule has 0 atom stereocenters. The number of aromatic nitrogens is 3. The maximum absolute atomic E-state index is 14.8. The highest BCUT2D eigenvalue weighted by Gasteiger charge is 2.24. The highest BCUT2D eigenvalue weighted by atomic mass is 32.2. The van der Waals surface area contributed by atoms with Crippen molar-refractivity contribution in [3.8, 4) is 0 Å². The second kappa shape index (κ2) is 8.22. The number of halogens is 2. The van der Waals surface area contributed by atoms with Gasteiger partial charge in [0.05, 0.1) is 23.3 Å². The first-order valence-corrected chi connectivity index (χ1v) is 11.2. The summed E-state index contributed by atoms with van der Waals surface area (Å²) in [7, 11) is -3.82. The van der Waals surface area contributed by atoms with E-state index in [1.165, 1.54) is 12.3 Å². The third kappa shape index (κ3) is 4.98. The Bertz CT molecular complexity index is 1250. The molecule has 2 aromatic heterocycles. The van der Waals surface area contributed by atoms with Gasteiger partial charge >= 0.3 is 0 Å². The van der Waals surface area contributed by atoms with Gasteiger partial charge in [0.2, 0.25) is 10.0 Å². The molecule has 0 spiro atoms. The van der Waals surface area contributed by atoms with E-state index < -0.39 is 38.8 Å². The highest BCUT2D eigenvalue weighted by Crippen LogP contribution is 2.25. The van der Waals surface area contributed by atoms with Crippen LogP contribution in [0.25, 0.3) is 11.2 Å². The number of sulfonamides is 1. The minimum atomic E-state index is -3.82. The molecule has 0 aliphatic heterocycles. The summed E-state index contributed by atoms with van der Waals surface area (Å²) >= 11 is 0. The Labute approximate surface area is 178 Å². The minimum absolute atomic E-state index is 0.181. The topological polar surface area (TPSA) is 117 Å². The first-order valence-electron chi connectivity index (χ1n) is 9.57. The molecule has 3 N–H and O–H groups in total. The van der Waals surface area contributed by atoms with Gasteiger partial charge in [0, 0.05) is 5.41 Å². The van der Waals surface area contributed by atoms with Gasteiger partial charge in [-0.05, 0) is 24.6 Å². The maximum atomic E-state index is 14.8. The zero-order valence-corrected chi connectivity index (χ0v) is 18.3. The fourth-order valence-electron chi connectivity index (χ4n) is 2.84. The quantitative estimate of drug-likeness (QED) is 0.525. The Kier molecular flexibility index (Phi) is 5.99. The summed E-state index contributed by atoms with van der Waals surface area (Å²) in [6.07, 6.45) is 1.64. The predicted molar refractivity (Wildman–Crippen MR) is 115 cm³/mol. The molecule has 0 saturated carbocycles. The van der Waals surface area contributed by atoms with Crippen LogP contribution in [-0.2, 0) is 15.4 Å². The number of rotatable bonds is 6. The average Bonchev–Trinajstić information content (AvgIpc) is 3.08. The van der Waals surface area contributed by atoms with E-state index in [1.54, 1.807) is 6.92 Å². The lowest BCUT2D eigenvalue weighted by atomic mass is 9.96. The summed E-state index contributed by atoms with van der Waals surface area (Å²) in [5.74, 6) is -3.06. The molecule has 166 valence electrons. The summed E-state index contributed by atoms with van der Waals surface area (Å²) in [5.41, 5.74) is -0.496. The smallest absolute Gasteiger partial charge is 0.261 e. The number of benzene rings is 1. The molecule has 0 aliphatic rings. The zero-order chi connectivity index (χ0) is 23.0. The van der Waals surface area contributed by atoms with Gasteiger partial charge in [0.15, 0.2) is 11.5 Å². The average molecular weight is 451 g/mol. The number of amides is 1. The number of nitrogens with one attached hydrogen (secondary N) is 3. The third-order valence-electron chi connectivity index (χ3n) is 4.36. The van der Waals surface area contributed by atoms with E-state index in [0.717, 1.165) is 12.1 Å². The van der Waals surface area contributed by atoms with Crippen molar-refractivity contribution in [3.63, 3.8) is 0 Å². The van der Waals surface area contributed by atoms with Crippen LogP contribution in [0.4, 0.5) is 20.2 Å². The summed E-state index contributed by atoms with van der Waals surface area (Å²) in [5, 5.41) is 2.38. The Morgan fingerprint density at radius 1 is 1.23 bits per heavy atom. The SMILES string of the molecule is CCCS(=O)(=O)Nc1ccc(F)c(C(=O)Nc2cnc3[nH]c(C(C)(C)C)nc3c2)c1F. The van der Waals surface area contributed by atoms with Crippen LogP contribution in [-0.4, -0.2) is 35.0 Å². The Morgan fingerprint density at radius 2 is 1.94 bits per heavy atom. The lowest BCUT2D eigenvalue weighted by Crippen LogP contribution is -2.20. The van der Waals surface area contributed by atoms with Crippen LogP contribution < -0.4 is 10.0 Å². The van der Waals surface area contributed by atoms with Crippen LogP contribution >= 0.6 is 0 Å². The number of fused-ring (bicyclic) bond motifs is 1. The summed E-state index contributed by atoms with van der Waals surface area (Å²) in [4.78, 5) is 24.3. The predicted octanol–water partition coefficient (Wildman–Crippen LogP) is 3.94. The molecule has 1 aromatic carbocycles. The lowest BCUT2D eigenvalue weighted by Gasteiger charge is -2.13. The second-order valence-electron chi connectivity index (χ2n) is 8.09. The molecule has 3 rings (SSSR count). The fraction of sp³-hybridized carbons (Fsp3) is 0.350. The van der Waals surface area contributed by atoms with Gasteiger partial charge in [-0.1, -0.05) is 27.7 Å². The van der Waals surface area contributed by atoms with Crippen LogP contribution in [0, 0.1) is 11.6 Å². The second-order valence-corrected chi connectivity index (χ2v) is 9.93. The standard InChI is InChI=1S/C20H23F2N5O3S/c1-5-8-31(29,30)27-13-7-6-12(21)15(16(13)22)18(28)24-11-9-14-17(23-10-11)26-19(25-14)20(2,3)4/h6-7,9-10,27H,5,8H2,1-4H3,(H,24,28)(H,23,25,26). The van der Waals surface area contributed by atoms with E-state index in [1.807, 2.05) is 25.5 Å². The number of hydrogen-bond donors (Lipinski definition) is 3. The number of carbonyl (C=O) groups is 1. The van der Waals surface area contributed by atoms with Gasteiger partial charge in [-0.2, -0.15) is 0 Å². The van der Waals surface area contributed by atoms with Gasteiger partial charge in [-0.25, -0.2) is 27.2 Å². The number of aromatic amines is 1. The third-order valence-corrected chi connectivity index (χ3v) is 5.84. The van der Waals surface area contributed by atoms with Crippen molar-refractivity contribution in [2.45, 2.75) is 39.5 Å². The molecule has 0 aliphatic carbocycles. The van der Waals surface area contributed by atoms with Gasteiger partial charge in [-0.3, -0.25) is 9.52 Å². The van der Waals surface area contributed by atoms with E-state index in [0.29, 0.717) is 23.4 Å². The minimum Gasteiger partial charge on any atom is -0.326 e. The van der Waals surface area contributed by atoms with Crippen LogP contribution in [0.5, 0.6) is 0 Å². The zero-order valence-electron chi connectivity index (χ0n) is 17.5. The van der Waals surface area contributed by atoms with Gasteiger partial charge < -0.3 is 10.3 Å². The molecule has 8 nitrogen and oxygen atoms in total. The van der Waals surface area contributed by atoms with Crippen molar-refractivity contribution >= 4 is 38.5 Å². The summed E-state index contributed by atoms with van der Waals surface area (Å²) in [6, 6.07) is 3.28. The van der Waals surface area contributed by atoms with E-state index >= 15 is 0 Å². The lowest BCUT2D eigenvalue weighted by molar-refractivity contribution is 0.101. The number of pyridine rings is 1. The van der Waals surface area contributed by atoms with Crippen LogP contribution in [0.1, 0.15) is 50.3 Å². The Hall–Kier alpha value is -3.08. The van der Waals surface area contributed by atoms with E-state index in [4.69, 9.17) is 0 Å². The van der Waals surface area contributed by atoms with Gasteiger partial charge in [0.25, 0.3) is 5.91 Å². The first-order chi connectivity index (χ1) is 14.4. The van der Waals surface area contributed by atoms with Crippen molar-refractivity contribution in [1.82, 2.24) is 15.0 Å². The Morgan fingerprint density at radius 3 is 2.58 bits per heavy atom. The monoisotopic (exact) mass is 451 g/mol. The molecule has 1 amide bonds. The number of anilines is 2. The fourth-order valence-corrected chi connectivity index (χ4v) is 3.97. The van der Waals surface area contributed by atoms with Crippen molar-refractivity contribution in [1.29, 1.82) is 0 Å². The first kappa shape index (κ1) is 22.6. The Balaban J connectivity index is 1.90. The van der Waals surface area contributed by atoms with Crippen LogP contribution in [0.3, 0.4) is 0 Å². The largest absolute Gasteiger partial charge is 0.326 e. The maximum Gasteiger partial charge on any atom is 0.261 e. The van der Waals surface area contributed by atoms with Crippen molar-refractivity contribution in [3.05, 3.63) is 47.4 Å². The number of nitrogens with zero attached hydrogens (tertiary/aromatic N) is 2. The molecule has 0 unspecified atom stereocenters. The normalized spacial score (nSPS) is 12.2. The van der Waals surface area contributed by atoms with Crippen LogP contribution in [0.15, 0.2) is 24.4 Å². The number of hydrogen-bond acceptors (Lipinski definition) is 5. The molecule has 0 fully saturated rings. The number of carbonyl (C=O) groups excluding carboxylic acids is 1.